The lowest BCUT2D eigenvalue weighted by molar-refractivity contribution is 1.07. The molecule has 0 saturated heterocycles. The van der Waals surface area contributed by atoms with Crippen LogP contribution in [-0.2, 0) is 0 Å². The molecule has 0 radical (unpaired) electrons. The summed E-state index contributed by atoms with van der Waals surface area (Å²) in [6, 6.07) is 70.5. The van der Waals surface area contributed by atoms with Crippen LogP contribution in [-0.4, -0.2) is 15.0 Å². The van der Waals surface area contributed by atoms with Gasteiger partial charge in [0.2, 0.25) is 0 Å². The summed E-state index contributed by atoms with van der Waals surface area (Å²) < 4.78 is 2.61. The number of hydrogen-bond donors (Lipinski definition) is 0. The van der Waals surface area contributed by atoms with Gasteiger partial charge in [-0.2, -0.15) is 0 Å². The standard InChI is InChI=1S/C51H33N3S/c1-3-12-34(13-4-1)40-16-9-18-42(32-40)43-19-10-17-41(33-43)35-24-28-38(29-25-35)50-52-49(37-14-5-2-6-15-37)53-51(54-50)39-30-26-36(27-31-39)44-21-11-22-46-45-20-7-8-23-47(45)55-48(44)46/h1-33H. The fourth-order valence-corrected chi connectivity index (χ4v) is 8.56. The second-order valence-corrected chi connectivity index (χ2v) is 14.7. The Morgan fingerprint density at radius 1 is 0.273 bits per heavy atom. The van der Waals surface area contributed by atoms with Gasteiger partial charge in [-0.25, -0.2) is 15.0 Å². The number of aromatic nitrogens is 3. The number of nitrogens with zero attached hydrogens (tertiary/aromatic N) is 3. The highest BCUT2D eigenvalue weighted by atomic mass is 32.1. The Labute approximate surface area is 323 Å². The Morgan fingerprint density at radius 3 is 1.24 bits per heavy atom. The zero-order chi connectivity index (χ0) is 36.6. The van der Waals surface area contributed by atoms with Gasteiger partial charge in [-0.05, 0) is 62.7 Å². The third kappa shape index (κ3) is 6.39. The van der Waals surface area contributed by atoms with Crippen molar-refractivity contribution in [2.75, 3.05) is 0 Å². The summed E-state index contributed by atoms with van der Waals surface area (Å²) in [6.07, 6.45) is 0. The first kappa shape index (κ1) is 32.6. The lowest BCUT2D eigenvalue weighted by atomic mass is 9.96. The van der Waals surface area contributed by atoms with Crippen LogP contribution in [0, 0.1) is 0 Å². The monoisotopic (exact) mass is 719 g/mol. The molecule has 2 aromatic heterocycles. The highest BCUT2D eigenvalue weighted by molar-refractivity contribution is 7.26. The molecule has 0 aliphatic rings. The third-order valence-corrected chi connectivity index (χ3v) is 11.4. The highest BCUT2D eigenvalue weighted by Gasteiger charge is 2.15. The van der Waals surface area contributed by atoms with Crippen LogP contribution >= 0.6 is 11.3 Å². The van der Waals surface area contributed by atoms with E-state index >= 15 is 0 Å². The van der Waals surface area contributed by atoms with Crippen molar-refractivity contribution in [3.8, 4) is 78.7 Å². The van der Waals surface area contributed by atoms with Crippen molar-refractivity contribution in [1.82, 2.24) is 15.0 Å². The predicted octanol–water partition coefficient (Wildman–Crippen LogP) is 13.9. The molecule has 0 saturated carbocycles. The molecule has 8 aromatic carbocycles. The van der Waals surface area contributed by atoms with Gasteiger partial charge in [0.25, 0.3) is 0 Å². The van der Waals surface area contributed by atoms with Crippen LogP contribution in [0.2, 0.25) is 0 Å². The Bertz CT molecular complexity index is 2950. The second kappa shape index (κ2) is 14.1. The first-order valence-electron chi connectivity index (χ1n) is 18.4. The zero-order valence-electron chi connectivity index (χ0n) is 29.8. The number of fused-ring (bicyclic) bond motifs is 3. The zero-order valence-corrected chi connectivity index (χ0v) is 30.6. The molecule has 0 N–H and O–H groups in total. The van der Waals surface area contributed by atoms with Crippen LogP contribution in [0.15, 0.2) is 200 Å². The first-order valence-corrected chi connectivity index (χ1v) is 19.2. The molecule has 0 unspecified atom stereocenters. The van der Waals surface area contributed by atoms with E-state index in [1.165, 1.54) is 53.6 Å². The molecule has 55 heavy (non-hydrogen) atoms. The summed E-state index contributed by atoms with van der Waals surface area (Å²) in [6.45, 7) is 0. The quantitative estimate of drug-likeness (QED) is 0.165. The Kier molecular flexibility index (Phi) is 8.36. The van der Waals surface area contributed by atoms with E-state index in [1.807, 2.05) is 41.7 Å². The Balaban J connectivity index is 0.979. The van der Waals surface area contributed by atoms with Crippen LogP contribution in [0.3, 0.4) is 0 Å². The Morgan fingerprint density at radius 2 is 0.655 bits per heavy atom. The average Bonchev–Trinajstić information content (AvgIpc) is 3.66. The number of hydrogen-bond acceptors (Lipinski definition) is 4. The minimum Gasteiger partial charge on any atom is -0.208 e. The molecule has 0 fully saturated rings. The molecule has 0 aliphatic carbocycles. The molecular weight excluding hydrogens is 687 g/mol. The average molecular weight is 720 g/mol. The largest absolute Gasteiger partial charge is 0.208 e. The summed E-state index contributed by atoms with van der Waals surface area (Å²) >= 11 is 1.85. The Hall–Kier alpha value is -7.01. The van der Waals surface area contributed by atoms with Gasteiger partial charge in [-0.15, -0.1) is 11.3 Å². The second-order valence-electron chi connectivity index (χ2n) is 13.6. The molecule has 0 amide bonds. The van der Waals surface area contributed by atoms with Gasteiger partial charge in [-0.1, -0.05) is 182 Å². The molecule has 10 aromatic rings. The van der Waals surface area contributed by atoms with E-state index in [-0.39, 0.29) is 0 Å². The maximum atomic E-state index is 5.05. The summed E-state index contributed by atoms with van der Waals surface area (Å²) in [5.74, 6) is 1.93. The fourth-order valence-electron chi connectivity index (χ4n) is 7.32. The van der Waals surface area contributed by atoms with Gasteiger partial charge < -0.3 is 0 Å². The van der Waals surface area contributed by atoms with Crippen molar-refractivity contribution >= 4 is 31.5 Å². The molecule has 0 bridgehead atoms. The summed E-state index contributed by atoms with van der Waals surface area (Å²) in [7, 11) is 0. The summed E-state index contributed by atoms with van der Waals surface area (Å²) in [5, 5.41) is 2.60. The van der Waals surface area contributed by atoms with Crippen LogP contribution in [0.5, 0.6) is 0 Å². The molecule has 0 spiro atoms. The molecular formula is C51H33N3S. The lowest BCUT2D eigenvalue weighted by Crippen LogP contribution is -2.00. The van der Waals surface area contributed by atoms with Crippen molar-refractivity contribution in [2.24, 2.45) is 0 Å². The van der Waals surface area contributed by atoms with Crippen molar-refractivity contribution < 1.29 is 0 Å². The van der Waals surface area contributed by atoms with Crippen LogP contribution in [0.4, 0.5) is 0 Å². The van der Waals surface area contributed by atoms with E-state index < -0.39 is 0 Å². The van der Waals surface area contributed by atoms with E-state index in [0.717, 1.165) is 27.8 Å². The summed E-state index contributed by atoms with van der Waals surface area (Å²) in [5.41, 5.74) is 12.3. The van der Waals surface area contributed by atoms with Crippen molar-refractivity contribution in [3.05, 3.63) is 200 Å². The number of thiophene rings is 1. The third-order valence-electron chi connectivity index (χ3n) is 10.2. The van der Waals surface area contributed by atoms with E-state index in [9.17, 15) is 0 Å². The minimum atomic E-state index is 0.640. The first-order chi connectivity index (χ1) is 27.2. The fraction of sp³-hybridized carbons (Fsp3) is 0. The van der Waals surface area contributed by atoms with Crippen LogP contribution < -0.4 is 0 Å². The lowest BCUT2D eigenvalue weighted by Gasteiger charge is -2.11. The number of benzene rings is 8. The van der Waals surface area contributed by atoms with Crippen molar-refractivity contribution in [1.29, 1.82) is 0 Å². The number of rotatable bonds is 7. The van der Waals surface area contributed by atoms with E-state index in [2.05, 4.69) is 170 Å². The van der Waals surface area contributed by atoms with Gasteiger partial charge >= 0.3 is 0 Å². The molecule has 10 rings (SSSR count). The molecule has 3 nitrogen and oxygen atoms in total. The van der Waals surface area contributed by atoms with E-state index in [0.29, 0.717) is 17.5 Å². The molecule has 4 heteroatoms. The maximum Gasteiger partial charge on any atom is 0.164 e. The minimum absolute atomic E-state index is 0.640. The molecule has 2 heterocycles. The van der Waals surface area contributed by atoms with Gasteiger partial charge in [0.1, 0.15) is 0 Å². The van der Waals surface area contributed by atoms with Gasteiger partial charge in [0.05, 0.1) is 0 Å². The van der Waals surface area contributed by atoms with Crippen molar-refractivity contribution in [2.45, 2.75) is 0 Å². The predicted molar refractivity (Wildman–Crippen MR) is 231 cm³/mol. The van der Waals surface area contributed by atoms with Crippen LogP contribution in [0.1, 0.15) is 0 Å². The van der Waals surface area contributed by atoms with Crippen molar-refractivity contribution in [3.63, 3.8) is 0 Å². The topological polar surface area (TPSA) is 38.7 Å². The van der Waals surface area contributed by atoms with Crippen LogP contribution in [0.25, 0.3) is 98.8 Å². The SMILES string of the molecule is c1ccc(-c2cccc(-c3cccc(-c4ccc(-c5nc(-c6ccccc6)nc(-c6ccc(-c7cccc8c7sc7ccccc78)cc6)n5)cc4)c3)c2)cc1. The molecule has 0 atom stereocenters. The van der Waals surface area contributed by atoms with Gasteiger partial charge in [0, 0.05) is 36.9 Å². The van der Waals surface area contributed by atoms with Gasteiger partial charge in [0.15, 0.2) is 17.5 Å². The molecule has 0 aliphatic heterocycles. The normalized spacial score (nSPS) is 11.3. The maximum absolute atomic E-state index is 5.05. The van der Waals surface area contributed by atoms with E-state index in [1.54, 1.807) is 0 Å². The smallest absolute Gasteiger partial charge is 0.164 e. The van der Waals surface area contributed by atoms with E-state index in [4.69, 9.17) is 15.0 Å². The van der Waals surface area contributed by atoms with Gasteiger partial charge in [-0.3, -0.25) is 0 Å². The summed E-state index contributed by atoms with van der Waals surface area (Å²) in [4.78, 5) is 15.0. The highest BCUT2D eigenvalue weighted by Crippen LogP contribution is 2.40. The molecule has 258 valence electrons.